The summed E-state index contributed by atoms with van der Waals surface area (Å²) in [5.41, 5.74) is 6.33. The van der Waals surface area contributed by atoms with Gasteiger partial charge in [0.1, 0.15) is 0 Å². The zero-order valence-electron chi connectivity index (χ0n) is 10.4. The van der Waals surface area contributed by atoms with Crippen LogP contribution in [0.1, 0.15) is 13.8 Å². The molecular weight excluding hydrogens is 252 g/mol. The van der Waals surface area contributed by atoms with Crippen LogP contribution < -0.4 is 16.2 Å². The van der Waals surface area contributed by atoms with Crippen LogP contribution in [-0.2, 0) is 10.0 Å². The Hall–Kier alpha value is -1.60. The average molecular weight is 270 g/mol. The number of primary sulfonamides is 1. The summed E-state index contributed by atoms with van der Waals surface area (Å²) in [5.74, 6) is 0.724. The number of nitrogens with one attached hydrogen (secondary N) is 1. The second kappa shape index (κ2) is 5.83. The Morgan fingerprint density at radius 3 is 2.33 bits per heavy atom. The monoisotopic (exact) mass is 270 g/mol. The maximum Gasteiger partial charge on any atom is 0.238 e. The standard InChI is InChI=1S/C11H18N4O2S/c1-8(2)7-14-11(12)15-9-3-5-10(6-4-9)18(13,16)17/h3-6,8H,7H2,1-2H3,(H3,12,14,15)(H2,13,16,17). The van der Waals surface area contributed by atoms with E-state index < -0.39 is 10.0 Å². The highest BCUT2D eigenvalue weighted by atomic mass is 32.2. The van der Waals surface area contributed by atoms with Gasteiger partial charge >= 0.3 is 0 Å². The largest absolute Gasteiger partial charge is 0.370 e. The first-order valence-corrected chi connectivity index (χ1v) is 7.03. The predicted octanol–water partition coefficient (Wildman–Crippen LogP) is 0.717. The molecule has 0 aromatic heterocycles. The number of hydrogen-bond acceptors (Lipinski definition) is 3. The van der Waals surface area contributed by atoms with E-state index in [1.165, 1.54) is 12.1 Å². The van der Waals surface area contributed by atoms with Crippen molar-refractivity contribution in [3.05, 3.63) is 24.3 Å². The molecular formula is C11H18N4O2S. The van der Waals surface area contributed by atoms with Gasteiger partial charge in [-0.3, -0.25) is 4.99 Å². The van der Waals surface area contributed by atoms with Crippen molar-refractivity contribution in [2.45, 2.75) is 18.7 Å². The summed E-state index contributed by atoms with van der Waals surface area (Å²) in [6, 6.07) is 5.98. The van der Waals surface area contributed by atoms with E-state index >= 15 is 0 Å². The molecule has 0 saturated carbocycles. The van der Waals surface area contributed by atoms with E-state index in [0.717, 1.165) is 0 Å². The van der Waals surface area contributed by atoms with Crippen molar-refractivity contribution >= 4 is 21.7 Å². The molecule has 0 unspecified atom stereocenters. The van der Waals surface area contributed by atoms with Gasteiger partial charge in [-0.05, 0) is 30.2 Å². The van der Waals surface area contributed by atoms with Crippen LogP contribution in [0.15, 0.2) is 34.2 Å². The van der Waals surface area contributed by atoms with Gasteiger partial charge in [0.15, 0.2) is 5.96 Å². The molecule has 0 aliphatic carbocycles. The highest BCUT2D eigenvalue weighted by Crippen LogP contribution is 2.12. The van der Waals surface area contributed by atoms with E-state index in [1.807, 2.05) is 13.8 Å². The lowest BCUT2D eigenvalue weighted by atomic mass is 10.2. The maximum atomic E-state index is 11.1. The fourth-order valence-electron chi connectivity index (χ4n) is 1.20. The normalized spacial score (nSPS) is 12.8. The highest BCUT2D eigenvalue weighted by Gasteiger charge is 2.06. The van der Waals surface area contributed by atoms with Gasteiger partial charge in [0.2, 0.25) is 10.0 Å². The lowest BCUT2D eigenvalue weighted by Gasteiger charge is -2.07. The molecule has 0 heterocycles. The molecule has 1 aromatic rings. The van der Waals surface area contributed by atoms with Crippen LogP contribution in [0.2, 0.25) is 0 Å². The van der Waals surface area contributed by atoms with E-state index in [1.54, 1.807) is 12.1 Å². The van der Waals surface area contributed by atoms with Crippen molar-refractivity contribution in [2.75, 3.05) is 11.9 Å². The smallest absolute Gasteiger partial charge is 0.238 e. The Morgan fingerprint density at radius 2 is 1.89 bits per heavy atom. The number of anilines is 1. The van der Waals surface area contributed by atoms with E-state index in [-0.39, 0.29) is 4.90 Å². The van der Waals surface area contributed by atoms with Crippen LogP contribution in [0.25, 0.3) is 0 Å². The van der Waals surface area contributed by atoms with Crippen LogP contribution in [-0.4, -0.2) is 20.9 Å². The molecule has 5 N–H and O–H groups in total. The quantitative estimate of drug-likeness (QED) is 0.553. The third kappa shape index (κ3) is 4.72. The van der Waals surface area contributed by atoms with Crippen LogP contribution in [0.3, 0.4) is 0 Å². The van der Waals surface area contributed by atoms with Gasteiger partial charge < -0.3 is 11.1 Å². The molecule has 7 heteroatoms. The summed E-state index contributed by atoms with van der Waals surface area (Å²) >= 11 is 0. The van der Waals surface area contributed by atoms with Crippen molar-refractivity contribution in [3.8, 4) is 0 Å². The van der Waals surface area contributed by atoms with Gasteiger partial charge in [0.05, 0.1) is 4.90 Å². The summed E-state index contributed by atoms with van der Waals surface area (Å²) in [5, 5.41) is 7.86. The molecule has 0 aliphatic rings. The second-order valence-corrected chi connectivity index (χ2v) is 5.88. The average Bonchev–Trinajstić information content (AvgIpc) is 2.26. The Morgan fingerprint density at radius 1 is 1.33 bits per heavy atom. The van der Waals surface area contributed by atoms with Gasteiger partial charge in [-0.25, -0.2) is 13.6 Å². The molecule has 100 valence electrons. The lowest BCUT2D eigenvalue weighted by molar-refractivity contribution is 0.598. The van der Waals surface area contributed by atoms with E-state index in [9.17, 15) is 8.42 Å². The van der Waals surface area contributed by atoms with Crippen molar-refractivity contribution in [3.63, 3.8) is 0 Å². The molecule has 0 radical (unpaired) electrons. The lowest BCUT2D eigenvalue weighted by Crippen LogP contribution is -2.23. The minimum Gasteiger partial charge on any atom is -0.370 e. The molecule has 0 spiro atoms. The fourth-order valence-corrected chi connectivity index (χ4v) is 1.71. The number of sulfonamides is 1. The van der Waals surface area contributed by atoms with Crippen molar-refractivity contribution < 1.29 is 8.42 Å². The van der Waals surface area contributed by atoms with Crippen LogP contribution in [0.4, 0.5) is 5.69 Å². The number of nitrogens with two attached hydrogens (primary N) is 2. The predicted molar refractivity (Wildman–Crippen MR) is 72.8 cm³/mol. The molecule has 1 aromatic carbocycles. The van der Waals surface area contributed by atoms with Crippen molar-refractivity contribution in [1.29, 1.82) is 0 Å². The number of nitrogens with zero attached hydrogens (tertiary/aromatic N) is 1. The third-order valence-corrected chi connectivity index (χ3v) is 3.01. The molecule has 0 amide bonds. The van der Waals surface area contributed by atoms with Gasteiger partial charge in [-0.2, -0.15) is 0 Å². The van der Waals surface area contributed by atoms with E-state index in [2.05, 4.69) is 10.3 Å². The van der Waals surface area contributed by atoms with Gasteiger partial charge in [-0.15, -0.1) is 0 Å². The molecule has 0 atom stereocenters. The maximum absolute atomic E-state index is 11.1. The second-order valence-electron chi connectivity index (χ2n) is 4.31. The number of aliphatic imine (C=N–C) groups is 1. The van der Waals surface area contributed by atoms with Gasteiger partial charge in [0, 0.05) is 12.2 Å². The van der Waals surface area contributed by atoms with Crippen LogP contribution in [0, 0.1) is 5.92 Å². The number of hydrogen-bond donors (Lipinski definition) is 3. The van der Waals surface area contributed by atoms with Gasteiger partial charge in [0.25, 0.3) is 0 Å². The Bertz CT molecular complexity index is 520. The summed E-state index contributed by atoms with van der Waals surface area (Å²) in [6.07, 6.45) is 0. The van der Waals surface area contributed by atoms with Gasteiger partial charge in [-0.1, -0.05) is 13.8 Å². The Labute approximate surface area is 107 Å². The topological polar surface area (TPSA) is 111 Å². The Balaban J connectivity index is 2.73. The first-order valence-electron chi connectivity index (χ1n) is 5.49. The number of guanidine groups is 1. The molecule has 0 fully saturated rings. The Kier molecular flexibility index (Phi) is 4.69. The first-order chi connectivity index (χ1) is 8.29. The van der Waals surface area contributed by atoms with Crippen molar-refractivity contribution in [2.24, 2.45) is 21.8 Å². The molecule has 0 aliphatic heterocycles. The first kappa shape index (κ1) is 14.5. The zero-order chi connectivity index (χ0) is 13.8. The minimum atomic E-state index is -3.66. The fraction of sp³-hybridized carbons (Fsp3) is 0.364. The van der Waals surface area contributed by atoms with E-state index in [0.29, 0.717) is 24.1 Å². The molecule has 0 bridgehead atoms. The summed E-state index contributed by atoms with van der Waals surface area (Å²) in [4.78, 5) is 4.19. The van der Waals surface area contributed by atoms with Crippen LogP contribution in [0.5, 0.6) is 0 Å². The SMILES string of the molecule is CC(C)CN=C(N)Nc1ccc(S(N)(=O)=O)cc1. The number of rotatable bonds is 4. The molecule has 18 heavy (non-hydrogen) atoms. The van der Waals surface area contributed by atoms with Crippen LogP contribution >= 0.6 is 0 Å². The number of benzene rings is 1. The summed E-state index contributed by atoms with van der Waals surface area (Å²) < 4.78 is 22.1. The summed E-state index contributed by atoms with van der Waals surface area (Å²) in [6.45, 7) is 4.71. The third-order valence-electron chi connectivity index (χ3n) is 2.08. The summed E-state index contributed by atoms with van der Waals surface area (Å²) in [7, 11) is -3.66. The minimum absolute atomic E-state index is 0.0609. The highest BCUT2D eigenvalue weighted by molar-refractivity contribution is 7.89. The van der Waals surface area contributed by atoms with E-state index in [4.69, 9.17) is 10.9 Å². The van der Waals surface area contributed by atoms with Crippen molar-refractivity contribution in [1.82, 2.24) is 0 Å². The zero-order valence-corrected chi connectivity index (χ0v) is 11.2. The molecule has 6 nitrogen and oxygen atoms in total. The molecule has 0 saturated heterocycles. The molecule has 1 rings (SSSR count).